The summed E-state index contributed by atoms with van der Waals surface area (Å²) in [6.07, 6.45) is 21.5. The smallest absolute Gasteiger partial charge is 0.305 e. The van der Waals surface area contributed by atoms with E-state index in [4.69, 9.17) is 9.84 Å². The molecule has 0 fully saturated rings. The fourth-order valence-electron chi connectivity index (χ4n) is 4.48. The quantitative estimate of drug-likeness (QED) is 0.0845. The Kier molecular flexibility index (Phi) is 27.0. The number of hydrogen-bond acceptors (Lipinski definition) is 5. The molecule has 1 amide bonds. The molecule has 0 radical (unpaired) electrons. The molecule has 0 bridgehead atoms. The van der Waals surface area contributed by atoms with Crippen LogP contribution in [0.5, 0.6) is 0 Å². The standard InChI is InChI=1S/C31H62N2O4/c1-4-5-6-7-8-15-20-28-37-30(35)22-16-11-9-12-17-24-33(25-18-13-10-14-19-27-34)26-21-23-32-31(36)29(2)3/h29,34H,4-28H2,1-3H3,(H,32,36). The van der Waals surface area contributed by atoms with Crippen molar-refractivity contribution in [2.24, 2.45) is 5.92 Å². The lowest BCUT2D eigenvalue weighted by Gasteiger charge is -2.22. The van der Waals surface area contributed by atoms with Crippen molar-refractivity contribution in [3.63, 3.8) is 0 Å². The minimum atomic E-state index is -0.0271. The summed E-state index contributed by atoms with van der Waals surface area (Å²) in [6.45, 7) is 11.0. The minimum Gasteiger partial charge on any atom is -0.466 e. The predicted octanol–water partition coefficient (Wildman–Crippen LogP) is 7.03. The molecule has 0 aliphatic rings. The third-order valence-corrected chi connectivity index (χ3v) is 6.97. The van der Waals surface area contributed by atoms with Gasteiger partial charge in [-0.1, -0.05) is 97.8 Å². The first-order chi connectivity index (χ1) is 18.0. The number of nitrogens with zero attached hydrogens (tertiary/aromatic N) is 1. The van der Waals surface area contributed by atoms with E-state index in [2.05, 4.69) is 17.1 Å². The van der Waals surface area contributed by atoms with Crippen LogP contribution in [-0.2, 0) is 14.3 Å². The molecule has 0 aromatic heterocycles. The number of ether oxygens (including phenoxy) is 1. The Balaban J connectivity index is 3.86. The minimum absolute atomic E-state index is 0.0271. The van der Waals surface area contributed by atoms with Gasteiger partial charge in [0.15, 0.2) is 0 Å². The second-order valence-electron chi connectivity index (χ2n) is 11.0. The van der Waals surface area contributed by atoms with Crippen molar-refractivity contribution >= 4 is 11.9 Å². The molecule has 0 aromatic rings. The maximum atomic E-state index is 11.9. The number of carbonyl (C=O) groups excluding carboxylic acids is 2. The summed E-state index contributed by atoms with van der Waals surface area (Å²) in [5.41, 5.74) is 0. The summed E-state index contributed by atoms with van der Waals surface area (Å²) in [5.74, 6) is 0.153. The SMILES string of the molecule is CCCCCCCCCOC(=O)CCCCCCCN(CCCCCCCO)CCCNC(=O)C(C)C. The largest absolute Gasteiger partial charge is 0.466 e. The van der Waals surface area contributed by atoms with Crippen LogP contribution in [0, 0.1) is 5.92 Å². The zero-order valence-corrected chi connectivity index (χ0v) is 24.9. The van der Waals surface area contributed by atoms with Gasteiger partial charge in [-0.3, -0.25) is 9.59 Å². The molecule has 0 rings (SSSR count). The van der Waals surface area contributed by atoms with Crippen LogP contribution in [0.1, 0.15) is 143 Å². The van der Waals surface area contributed by atoms with Gasteiger partial charge < -0.3 is 20.1 Å². The van der Waals surface area contributed by atoms with Gasteiger partial charge in [0, 0.05) is 25.5 Å². The molecule has 0 aliphatic heterocycles. The van der Waals surface area contributed by atoms with Crippen LogP contribution in [0.4, 0.5) is 0 Å². The van der Waals surface area contributed by atoms with Crippen molar-refractivity contribution in [1.29, 1.82) is 0 Å². The first-order valence-electron chi connectivity index (χ1n) is 15.8. The number of nitrogens with one attached hydrogen (secondary N) is 1. The van der Waals surface area contributed by atoms with Gasteiger partial charge in [0.25, 0.3) is 0 Å². The van der Waals surface area contributed by atoms with Crippen molar-refractivity contribution in [2.75, 3.05) is 39.4 Å². The highest BCUT2D eigenvalue weighted by Gasteiger charge is 2.08. The zero-order chi connectivity index (χ0) is 27.4. The third kappa shape index (κ3) is 26.3. The van der Waals surface area contributed by atoms with Gasteiger partial charge in [-0.25, -0.2) is 0 Å². The monoisotopic (exact) mass is 526 g/mol. The molecular weight excluding hydrogens is 464 g/mol. The first-order valence-corrected chi connectivity index (χ1v) is 15.8. The van der Waals surface area contributed by atoms with Crippen molar-refractivity contribution in [2.45, 2.75) is 143 Å². The molecule has 6 nitrogen and oxygen atoms in total. The number of aliphatic hydroxyl groups excluding tert-OH is 1. The second-order valence-corrected chi connectivity index (χ2v) is 11.0. The van der Waals surface area contributed by atoms with E-state index >= 15 is 0 Å². The van der Waals surface area contributed by atoms with Gasteiger partial charge in [-0.15, -0.1) is 0 Å². The Bertz CT molecular complexity index is 513. The van der Waals surface area contributed by atoms with Gasteiger partial charge in [0.05, 0.1) is 6.61 Å². The number of carbonyl (C=O) groups is 2. The van der Waals surface area contributed by atoms with E-state index in [0.29, 0.717) is 19.6 Å². The van der Waals surface area contributed by atoms with E-state index in [0.717, 1.165) is 64.7 Å². The van der Waals surface area contributed by atoms with Crippen LogP contribution in [-0.4, -0.2) is 61.3 Å². The fraction of sp³-hybridized carbons (Fsp3) is 0.935. The summed E-state index contributed by atoms with van der Waals surface area (Å²) >= 11 is 0. The summed E-state index contributed by atoms with van der Waals surface area (Å²) in [6, 6.07) is 0. The lowest BCUT2D eigenvalue weighted by molar-refractivity contribution is -0.143. The Morgan fingerprint density at radius 2 is 1.22 bits per heavy atom. The van der Waals surface area contributed by atoms with Gasteiger partial charge >= 0.3 is 5.97 Å². The number of unbranched alkanes of at least 4 members (excludes halogenated alkanes) is 14. The first kappa shape index (κ1) is 35.9. The number of esters is 1. The maximum absolute atomic E-state index is 11.9. The molecule has 220 valence electrons. The maximum Gasteiger partial charge on any atom is 0.305 e. The molecule has 0 saturated carbocycles. The molecule has 37 heavy (non-hydrogen) atoms. The van der Waals surface area contributed by atoms with Crippen LogP contribution in [0.25, 0.3) is 0 Å². The average Bonchev–Trinajstić information content (AvgIpc) is 2.88. The van der Waals surface area contributed by atoms with Crippen molar-refractivity contribution in [3.8, 4) is 0 Å². The highest BCUT2D eigenvalue weighted by molar-refractivity contribution is 5.77. The fourth-order valence-corrected chi connectivity index (χ4v) is 4.48. The van der Waals surface area contributed by atoms with E-state index in [1.807, 2.05) is 13.8 Å². The van der Waals surface area contributed by atoms with E-state index in [1.165, 1.54) is 77.0 Å². The van der Waals surface area contributed by atoms with E-state index < -0.39 is 0 Å². The number of aliphatic hydroxyl groups is 1. The molecular formula is C31H62N2O4. The molecule has 0 aromatic carbocycles. The normalized spacial score (nSPS) is 11.4. The number of hydrogen-bond donors (Lipinski definition) is 2. The van der Waals surface area contributed by atoms with Crippen molar-refractivity contribution in [1.82, 2.24) is 10.2 Å². The van der Waals surface area contributed by atoms with Gasteiger partial charge in [-0.2, -0.15) is 0 Å². The zero-order valence-electron chi connectivity index (χ0n) is 24.9. The molecule has 2 N–H and O–H groups in total. The van der Waals surface area contributed by atoms with Crippen LogP contribution in [0.2, 0.25) is 0 Å². The van der Waals surface area contributed by atoms with E-state index in [-0.39, 0.29) is 17.8 Å². The lowest BCUT2D eigenvalue weighted by atomic mass is 10.1. The Labute approximate surface area is 229 Å². The lowest BCUT2D eigenvalue weighted by Crippen LogP contribution is -2.33. The summed E-state index contributed by atoms with van der Waals surface area (Å²) in [7, 11) is 0. The molecule has 0 heterocycles. The van der Waals surface area contributed by atoms with E-state index in [1.54, 1.807) is 0 Å². The number of amides is 1. The summed E-state index contributed by atoms with van der Waals surface area (Å²) < 4.78 is 5.39. The van der Waals surface area contributed by atoms with Crippen molar-refractivity contribution in [3.05, 3.63) is 0 Å². The van der Waals surface area contributed by atoms with Gasteiger partial charge in [0.2, 0.25) is 5.91 Å². The van der Waals surface area contributed by atoms with Gasteiger partial charge in [0.1, 0.15) is 0 Å². The molecule has 6 heteroatoms. The van der Waals surface area contributed by atoms with Crippen LogP contribution >= 0.6 is 0 Å². The third-order valence-electron chi connectivity index (χ3n) is 6.97. The van der Waals surface area contributed by atoms with Crippen LogP contribution < -0.4 is 5.32 Å². The van der Waals surface area contributed by atoms with Gasteiger partial charge in [-0.05, 0) is 58.2 Å². The van der Waals surface area contributed by atoms with Crippen LogP contribution in [0.3, 0.4) is 0 Å². The van der Waals surface area contributed by atoms with Crippen LogP contribution in [0.15, 0.2) is 0 Å². The van der Waals surface area contributed by atoms with E-state index in [9.17, 15) is 9.59 Å². The predicted molar refractivity (Wildman–Crippen MR) is 156 cm³/mol. The summed E-state index contributed by atoms with van der Waals surface area (Å²) in [5, 5.41) is 12.0. The highest BCUT2D eigenvalue weighted by Crippen LogP contribution is 2.10. The molecule has 0 aliphatic carbocycles. The molecule has 0 spiro atoms. The Morgan fingerprint density at radius 3 is 1.81 bits per heavy atom. The molecule has 0 atom stereocenters. The summed E-state index contributed by atoms with van der Waals surface area (Å²) in [4.78, 5) is 26.2. The second kappa shape index (κ2) is 27.9. The highest BCUT2D eigenvalue weighted by atomic mass is 16.5. The molecule has 0 unspecified atom stereocenters. The Hall–Kier alpha value is -1.14. The molecule has 0 saturated heterocycles. The average molecular weight is 527 g/mol. The topological polar surface area (TPSA) is 78.9 Å². The number of rotatable bonds is 28. The Morgan fingerprint density at radius 1 is 0.703 bits per heavy atom. The van der Waals surface area contributed by atoms with Crippen molar-refractivity contribution < 1.29 is 19.4 Å².